The van der Waals surface area contributed by atoms with Crippen molar-refractivity contribution in [2.24, 2.45) is 0 Å². The van der Waals surface area contributed by atoms with Crippen molar-refractivity contribution in [3.05, 3.63) is 0 Å². The zero-order valence-corrected chi connectivity index (χ0v) is 45.3. The number of ether oxygens (including phenoxy) is 9. The monoisotopic (exact) mass is 1300 g/mol. The average molecular weight is 1300 g/mol. The van der Waals surface area contributed by atoms with Gasteiger partial charge in [-0.1, -0.05) is 0 Å². The summed E-state index contributed by atoms with van der Waals surface area (Å²) < 4.78 is 200. The summed E-state index contributed by atoms with van der Waals surface area (Å²) in [5, 5.41) is 115. The molecule has 0 spiro atoms. The van der Waals surface area contributed by atoms with Gasteiger partial charge in [0.1, 0.15) is 110 Å². The molecule has 47 heteroatoms. The molecule has 0 aliphatic carbocycles. The van der Waals surface area contributed by atoms with Crippen LogP contribution in [0.15, 0.2) is 0 Å². The van der Waals surface area contributed by atoms with E-state index in [2.05, 4.69) is 27.4 Å². The molecule has 43 nitrogen and oxygen atoms in total. The maximum atomic E-state index is 12.9. The number of aliphatic carboxylic acids is 2. The number of carboxylic acid groups (broad SMARTS) is 2. The van der Waals surface area contributed by atoms with E-state index in [4.69, 9.17) is 47.2 Å². The molecule has 0 aromatic carbocycles. The van der Waals surface area contributed by atoms with E-state index in [1.807, 2.05) is 5.32 Å². The third-order valence-corrected chi connectivity index (χ3v) is 14.1. The first-order valence-electron chi connectivity index (χ1n) is 23.2. The van der Waals surface area contributed by atoms with Crippen LogP contribution in [0.4, 0.5) is 0 Å². The van der Waals surface area contributed by atoms with Crippen molar-refractivity contribution < 1.29 is 186 Å². The quantitative estimate of drug-likeness (QED) is 0.0399. The lowest BCUT2D eigenvalue weighted by atomic mass is 9.93. The van der Waals surface area contributed by atoms with E-state index in [0.717, 1.165) is 20.8 Å². The van der Waals surface area contributed by atoms with Gasteiger partial charge in [-0.05, 0) is 0 Å². The molecule has 0 aromatic heterocycles. The molecule has 5 saturated heterocycles. The Morgan fingerprint density at radius 3 is 1.14 bits per heavy atom. The molecule has 0 bridgehead atoms. The van der Waals surface area contributed by atoms with Gasteiger partial charge in [0.25, 0.3) is 0 Å². The van der Waals surface area contributed by atoms with E-state index in [1.54, 1.807) is 0 Å². The lowest BCUT2D eigenvalue weighted by Gasteiger charge is -2.50. The van der Waals surface area contributed by atoms with E-state index in [1.165, 1.54) is 0 Å². The Kier molecular flexibility index (Phi) is 23.5. The molecule has 0 aromatic rings. The summed E-state index contributed by atoms with van der Waals surface area (Å²) in [7, 11) is -22.5. The second-order valence-corrected chi connectivity index (χ2v) is 22.5. The number of nitrogens with one attached hydrogen (secondary N) is 3. The van der Waals surface area contributed by atoms with Crippen molar-refractivity contribution >= 4 is 71.3 Å². The number of carbonyl (C=O) groups excluding carboxylic acids is 3. The summed E-state index contributed by atoms with van der Waals surface area (Å²) in [5.74, 6) is -7.69. The molecule has 5 aliphatic heterocycles. The zero-order valence-electron chi connectivity index (χ0n) is 42.1. The highest BCUT2D eigenvalue weighted by Crippen LogP contribution is 2.38. The highest BCUT2D eigenvalue weighted by atomic mass is 32.3. The van der Waals surface area contributed by atoms with E-state index in [-0.39, 0.29) is 0 Å². The van der Waals surface area contributed by atoms with Gasteiger partial charge in [0.2, 0.25) is 17.7 Å². The van der Waals surface area contributed by atoms with Gasteiger partial charge in [-0.3, -0.25) is 32.6 Å². The molecule has 1 unspecified atom stereocenters. The molecular weight excluding hydrogens is 1240 g/mol. The standard InChI is InChI=1S/C36H57N3O40S4/c1-7(42)37-13-16(45)21(77-81(58,59)60)12(6-67-80(55,56)57)70-33(13)73-26-17(46)20(49)36(76-28(26)30(50)51)72-25-15(39-9(3)44)34(69-11(5-41)23(25)79-83(64,65)66)74-27-18(47)19(48)35(75-29(27)31(52)53)71-24-14(38-8(2)43)32(54)68-10(4-40)22(24)78-82(61,62)63/h10-29,32-36,40-41,45-49,54H,4-6H2,1-3H3,(H,37,42)(H,38,43)(H,39,44)(H,50,51)(H,52,53)(H,55,56,57)(H,58,59,60)(H,61,62,63)(H,64,65,66)/t10-,11-,12-,13-,14-,15-,16-,17-,18-,19-,20-,21+,22+,23+,24-,25-,26+,27+,28+,29+,32?,33+,34+,35-,36-/m1/s1. The fourth-order valence-corrected chi connectivity index (χ4v) is 10.9. The van der Waals surface area contributed by atoms with Crippen molar-refractivity contribution in [1.82, 2.24) is 16.0 Å². The first kappa shape index (κ1) is 69.9. The predicted octanol–water partition coefficient (Wildman–Crippen LogP) is -12.0. The summed E-state index contributed by atoms with van der Waals surface area (Å²) in [5.41, 5.74) is 0. The minimum atomic E-state index is -5.82. The third kappa shape index (κ3) is 18.4. The maximum absolute atomic E-state index is 12.9. The fourth-order valence-electron chi connectivity index (χ4n) is 9.04. The smallest absolute Gasteiger partial charge is 0.397 e. The highest BCUT2D eigenvalue weighted by Gasteiger charge is 2.60. The third-order valence-electron chi connectivity index (χ3n) is 12.3. The molecule has 5 fully saturated rings. The van der Waals surface area contributed by atoms with Crippen molar-refractivity contribution in [2.45, 2.75) is 174 Å². The molecule has 5 heterocycles. The van der Waals surface area contributed by atoms with Gasteiger partial charge in [-0.25, -0.2) is 26.3 Å². The minimum absolute atomic E-state index is 0.726. The van der Waals surface area contributed by atoms with E-state index in [0.29, 0.717) is 0 Å². The maximum Gasteiger partial charge on any atom is 0.397 e. The van der Waals surface area contributed by atoms with E-state index >= 15 is 0 Å². The Bertz CT molecular complexity index is 2760. The van der Waals surface area contributed by atoms with Gasteiger partial charge < -0.3 is 110 Å². The Labute approximate surface area is 466 Å². The number of hydrogen-bond donors (Lipinski definition) is 17. The normalized spacial score (nSPS) is 40.2. The summed E-state index contributed by atoms with van der Waals surface area (Å²) in [6.45, 7) is -1.87. The van der Waals surface area contributed by atoms with Crippen molar-refractivity contribution in [3.63, 3.8) is 0 Å². The van der Waals surface area contributed by atoms with E-state index < -0.39 is 244 Å². The molecule has 5 rings (SSSR count). The number of rotatable bonds is 24. The number of carboxylic acids is 2. The molecule has 17 N–H and O–H groups in total. The summed E-state index contributed by atoms with van der Waals surface area (Å²) in [4.78, 5) is 63.0. The fraction of sp³-hybridized carbons (Fsp3) is 0.861. The van der Waals surface area contributed by atoms with Crippen LogP contribution in [-0.4, -0.2) is 306 Å². The van der Waals surface area contributed by atoms with Crippen LogP contribution in [0.2, 0.25) is 0 Å². The molecule has 480 valence electrons. The lowest BCUT2D eigenvalue weighted by molar-refractivity contribution is -0.372. The van der Waals surface area contributed by atoms with E-state index in [9.17, 15) is 122 Å². The zero-order chi connectivity index (χ0) is 62.8. The number of aliphatic hydroxyl groups excluding tert-OH is 8. The van der Waals surface area contributed by atoms with Crippen LogP contribution < -0.4 is 16.0 Å². The van der Waals surface area contributed by atoms with Crippen LogP contribution >= 0.6 is 0 Å². The first-order chi connectivity index (χ1) is 38.1. The van der Waals surface area contributed by atoms with Crippen LogP contribution in [0, 0.1) is 0 Å². The van der Waals surface area contributed by atoms with Gasteiger partial charge in [0, 0.05) is 20.8 Å². The van der Waals surface area contributed by atoms with Crippen LogP contribution in [0.25, 0.3) is 0 Å². The van der Waals surface area contributed by atoms with Crippen molar-refractivity contribution in [1.29, 1.82) is 0 Å². The van der Waals surface area contributed by atoms with Crippen LogP contribution in [0.1, 0.15) is 20.8 Å². The van der Waals surface area contributed by atoms with Crippen LogP contribution in [-0.2, 0) is 125 Å². The summed E-state index contributed by atoms with van der Waals surface area (Å²) in [6, 6.07) is -6.56. The lowest BCUT2D eigenvalue weighted by Crippen LogP contribution is -2.71. The van der Waals surface area contributed by atoms with Crippen LogP contribution in [0.3, 0.4) is 0 Å². The Morgan fingerprint density at radius 2 is 0.759 bits per heavy atom. The topological polar surface area (TPSA) is 661 Å². The number of hydrogen-bond acceptors (Lipinski definition) is 34. The van der Waals surface area contributed by atoms with Gasteiger partial charge in [-0.2, -0.15) is 33.7 Å². The molecule has 3 amide bonds. The molecule has 25 atom stereocenters. The second kappa shape index (κ2) is 27.9. The first-order valence-corrected chi connectivity index (χ1v) is 28.7. The van der Waals surface area contributed by atoms with Gasteiger partial charge in [-0.15, -0.1) is 0 Å². The van der Waals surface area contributed by atoms with Gasteiger partial charge in [0.15, 0.2) is 43.7 Å². The average Bonchev–Trinajstić information content (AvgIpc) is 2.78. The molecule has 5 aliphatic rings. The molecule has 0 radical (unpaired) electrons. The molecular formula is C36H57N3O40S4. The number of carbonyl (C=O) groups is 5. The largest absolute Gasteiger partial charge is 0.479 e. The van der Waals surface area contributed by atoms with Gasteiger partial charge >= 0.3 is 53.5 Å². The molecule has 0 saturated carbocycles. The Hall–Kier alpha value is -3.85. The summed E-state index contributed by atoms with van der Waals surface area (Å²) in [6.07, 6.45) is -55.4. The number of aliphatic hydroxyl groups is 8. The van der Waals surface area contributed by atoms with Gasteiger partial charge in [0.05, 0.1) is 19.8 Å². The Morgan fingerprint density at radius 1 is 0.410 bits per heavy atom. The Balaban J connectivity index is 1.51. The van der Waals surface area contributed by atoms with Crippen molar-refractivity contribution in [2.75, 3.05) is 19.8 Å². The summed E-state index contributed by atoms with van der Waals surface area (Å²) >= 11 is 0. The minimum Gasteiger partial charge on any atom is -0.479 e. The van der Waals surface area contributed by atoms with Crippen LogP contribution in [0.5, 0.6) is 0 Å². The van der Waals surface area contributed by atoms with Crippen molar-refractivity contribution in [3.8, 4) is 0 Å². The SMILES string of the molecule is CC(=O)N[C@H]1[C@H](O[C@H]2[C@H](O)[C@@H](O)[C@H](O[C@@H]3[C@@H](NC(C)=O)[C@H](O[C@H]4[C@H](O)[C@@H](O)[C@H](O[C@H]5[C@@H](OS(=O)(=O)O)[C@@H](CO)OC(O)[C@@H]5NC(C)=O)O[C@@H]4C(=O)O)O[C@H](CO)[C@@H]3OS(=O)(=O)O)O[C@@H]2C(=O)O)O[C@H](COS(=O)(=O)O)[C@H](OS(=O)(=O)O)[C@@H]1O. The number of amides is 3. The highest BCUT2D eigenvalue weighted by molar-refractivity contribution is 7.81. The molecule has 83 heavy (non-hydrogen) atoms. The second-order valence-electron chi connectivity index (χ2n) is 18.3. The predicted molar refractivity (Wildman–Crippen MR) is 244 cm³/mol.